The zero-order valence-corrected chi connectivity index (χ0v) is 10.3. The van der Waals surface area contributed by atoms with Gasteiger partial charge in [-0.1, -0.05) is 43.7 Å². The van der Waals surface area contributed by atoms with E-state index in [1.807, 2.05) is 37.3 Å². The fourth-order valence-corrected chi connectivity index (χ4v) is 1.28. The molecule has 1 rings (SSSR count). The Hall–Kier alpha value is -1.77. The van der Waals surface area contributed by atoms with Crippen molar-refractivity contribution in [1.29, 1.82) is 0 Å². The minimum atomic E-state index is -0.412. The smallest absolute Gasteiger partial charge is 0.373 e. The number of rotatable bonds is 6. The molecule has 1 aromatic carbocycles. The van der Waals surface area contributed by atoms with Gasteiger partial charge in [0.2, 0.25) is 5.76 Å². The van der Waals surface area contributed by atoms with Crippen LogP contribution in [-0.2, 0) is 14.3 Å². The molecule has 3 nitrogen and oxygen atoms in total. The van der Waals surface area contributed by atoms with Gasteiger partial charge in [0.15, 0.2) is 0 Å². The summed E-state index contributed by atoms with van der Waals surface area (Å²) >= 11 is 0. The van der Waals surface area contributed by atoms with Crippen LogP contribution in [0.25, 0.3) is 6.08 Å². The second-order valence-corrected chi connectivity index (χ2v) is 3.61. The number of unbranched alkanes of at least 4 members (excludes halogenated alkanes) is 1. The SMILES string of the molecule is CCCCOC(=O)C(=Cc1ccccc1)OC. The predicted octanol–water partition coefficient (Wildman–Crippen LogP) is 3.02. The number of carbonyl (C=O) groups is 1. The van der Waals surface area contributed by atoms with Crippen LogP contribution in [0.15, 0.2) is 36.1 Å². The summed E-state index contributed by atoms with van der Waals surface area (Å²) in [5.41, 5.74) is 0.914. The van der Waals surface area contributed by atoms with Gasteiger partial charge in [0, 0.05) is 0 Å². The summed E-state index contributed by atoms with van der Waals surface area (Å²) in [6, 6.07) is 9.53. The molecule has 0 unspecified atom stereocenters. The standard InChI is InChI=1S/C14H18O3/c1-3-4-10-17-14(15)13(16-2)11-12-8-6-5-7-9-12/h5-9,11H,3-4,10H2,1-2H3. The van der Waals surface area contributed by atoms with E-state index in [4.69, 9.17) is 9.47 Å². The molecular formula is C14H18O3. The first-order valence-corrected chi connectivity index (χ1v) is 5.75. The van der Waals surface area contributed by atoms with Gasteiger partial charge in [0.05, 0.1) is 13.7 Å². The van der Waals surface area contributed by atoms with Gasteiger partial charge in [-0.2, -0.15) is 0 Å². The van der Waals surface area contributed by atoms with Crippen molar-refractivity contribution >= 4 is 12.0 Å². The Labute approximate surface area is 102 Å². The second kappa shape index (κ2) is 7.49. The van der Waals surface area contributed by atoms with Crippen LogP contribution in [0.5, 0.6) is 0 Å². The average Bonchev–Trinajstić information content (AvgIpc) is 2.37. The Balaban J connectivity index is 2.64. The second-order valence-electron chi connectivity index (χ2n) is 3.61. The maximum Gasteiger partial charge on any atom is 0.373 e. The highest BCUT2D eigenvalue weighted by molar-refractivity contribution is 5.91. The first-order chi connectivity index (χ1) is 8.27. The first kappa shape index (κ1) is 13.3. The van der Waals surface area contributed by atoms with Crippen molar-refractivity contribution in [3.63, 3.8) is 0 Å². The molecule has 0 aliphatic heterocycles. The Morgan fingerprint density at radius 1 is 1.29 bits per heavy atom. The van der Waals surface area contributed by atoms with Crippen LogP contribution < -0.4 is 0 Å². The quantitative estimate of drug-likeness (QED) is 0.328. The normalized spacial score (nSPS) is 11.1. The monoisotopic (exact) mass is 234 g/mol. The molecule has 0 aliphatic carbocycles. The van der Waals surface area contributed by atoms with Gasteiger partial charge in [-0.3, -0.25) is 0 Å². The van der Waals surface area contributed by atoms with Crippen LogP contribution in [0, 0.1) is 0 Å². The van der Waals surface area contributed by atoms with E-state index in [1.54, 1.807) is 6.08 Å². The molecule has 0 aliphatic rings. The molecule has 3 heteroatoms. The van der Waals surface area contributed by atoms with Gasteiger partial charge in [-0.25, -0.2) is 4.79 Å². The van der Waals surface area contributed by atoms with Gasteiger partial charge in [-0.15, -0.1) is 0 Å². The highest BCUT2D eigenvalue weighted by Crippen LogP contribution is 2.09. The molecule has 0 atom stereocenters. The Morgan fingerprint density at radius 3 is 2.59 bits per heavy atom. The van der Waals surface area contributed by atoms with E-state index in [1.165, 1.54) is 7.11 Å². The highest BCUT2D eigenvalue weighted by Gasteiger charge is 2.10. The van der Waals surface area contributed by atoms with E-state index in [9.17, 15) is 4.79 Å². The molecule has 0 amide bonds. The van der Waals surface area contributed by atoms with Gasteiger partial charge in [0.25, 0.3) is 0 Å². The lowest BCUT2D eigenvalue weighted by Gasteiger charge is -2.06. The summed E-state index contributed by atoms with van der Waals surface area (Å²) in [5, 5.41) is 0. The maximum absolute atomic E-state index is 11.6. The summed E-state index contributed by atoms with van der Waals surface area (Å²) in [7, 11) is 1.47. The molecule has 0 saturated heterocycles. The molecule has 0 heterocycles. The van der Waals surface area contributed by atoms with Crippen molar-refractivity contribution in [2.75, 3.05) is 13.7 Å². The van der Waals surface area contributed by atoms with E-state index in [2.05, 4.69) is 0 Å². The van der Waals surface area contributed by atoms with Gasteiger partial charge in [-0.05, 0) is 18.1 Å². The van der Waals surface area contributed by atoms with Gasteiger partial charge in [0.1, 0.15) is 0 Å². The molecule has 0 fully saturated rings. The molecule has 17 heavy (non-hydrogen) atoms. The van der Waals surface area contributed by atoms with Crippen LogP contribution in [0.3, 0.4) is 0 Å². The average molecular weight is 234 g/mol. The zero-order valence-electron chi connectivity index (χ0n) is 10.3. The lowest BCUT2D eigenvalue weighted by molar-refractivity contribution is -0.142. The Kier molecular flexibility index (Phi) is 5.86. The van der Waals surface area contributed by atoms with E-state index in [0.717, 1.165) is 18.4 Å². The van der Waals surface area contributed by atoms with Gasteiger partial charge >= 0.3 is 5.97 Å². The lowest BCUT2D eigenvalue weighted by atomic mass is 10.2. The third-order valence-electron chi connectivity index (χ3n) is 2.25. The van der Waals surface area contributed by atoms with Crippen LogP contribution >= 0.6 is 0 Å². The molecule has 0 N–H and O–H groups in total. The minimum Gasteiger partial charge on any atom is -0.490 e. The van der Waals surface area contributed by atoms with Gasteiger partial charge < -0.3 is 9.47 Å². The fourth-order valence-electron chi connectivity index (χ4n) is 1.28. The van der Waals surface area contributed by atoms with Crippen molar-refractivity contribution in [1.82, 2.24) is 0 Å². The fraction of sp³-hybridized carbons (Fsp3) is 0.357. The minimum absolute atomic E-state index is 0.229. The van der Waals surface area contributed by atoms with E-state index < -0.39 is 5.97 Å². The Morgan fingerprint density at radius 2 is 2.00 bits per heavy atom. The van der Waals surface area contributed by atoms with E-state index >= 15 is 0 Å². The number of carbonyl (C=O) groups excluding carboxylic acids is 1. The van der Waals surface area contributed by atoms with Crippen molar-refractivity contribution in [3.8, 4) is 0 Å². The zero-order chi connectivity index (χ0) is 12.5. The number of hydrogen-bond acceptors (Lipinski definition) is 3. The van der Waals surface area contributed by atoms with Crippen molar-refractivity contribution in [3.05, 3.63) is 41.7 Å². The van der Waals surface area contributed by atoms with Crippen molar-refractivity contribution < 1.29 is 14.3 Å². The topological polar surface area (TPSA) is 35.5 Å². The Bertz CT molecular complexity index is 368. The van der Waals surface area contributed by atoms with E-state index in [0.29, 0.717) is 6.61 Å². The number of methoxy groups -OCH3 is 1. The number of benzene rings is 1. The number of esters is 1. The summed E-state index contributed by atoms with van der Waals surface area (Å²) in [6.45, 7) is 2.48. The molecule has 0 radical (unpaired) electrons. The maximum atomic E-state index is 11.6. The molecule has 0 bridgehead atoms. The molecule has 1 aromatic rings. The van der Waals surface area contributed by atoms with Crippen LogP contribution in [0.2, 0.25) is 0 Å². The first-order valence-electron chi connectivity index (χ1n) is 5.75. The lowest BCUT2D eigenvalue weighted by Crippen LogP contribution is -2.10. The van der Waals surface area contributed by atoms with Crippen LogP contribution in [0.1, 0.15) is 25.3 Å². The highest BCUT2D eigenvalue weighted by atomic mass is 16.6. The largest absolute Gasteiger partial charge is 0.490 e. The summed E-state index contributed by atoms with van der Waals surface area (Å²) in [4.78, 5) is 11.6. The molecule has 0 saturated carbocycles. The molecule has 92 valence electrons. The summed E-state index contributed by atoms with van der Waals surface area (Å²) in [6.07, 6.45) is 3.54. The van der Waals surface area contributed by atoms with Crippen LogP contribution in [0.4, 0.5) is 0 Å². The van der Waals surface area contributed by atoms with E-state index in [-0.39, 0.29) is 5.76 Å². The molecule has 0 spiro atoms. The van der Waals surface area contributed by atoms with Crippen molar-refractivity contribution in [2.45, 2.75) is 19.8 Å². The predicted molar refractivity (Wildman–Crippen MR) is 67.3 cm³/mol. The number of hydrogen-bond donors (Lipinski definition) is 0. The van der Waals surface area contributed by atoms with Crippen LogP contribution in [-0.4, -0.2) is 19.7 Å². The third-order valence-corrected chi connectivity index (χ3v) is 2.25. The number of ether oxygens (including phenoxy) is 2. The van der Waals surface area contributed by atoms with Crippen molar-refractivity contribution in [2.24, 2.45) is 0 Å². The summed E-state index contributed by atoms with van der Waals surface area (Å²) in [5.74, 6) is -0.183. The third kappa shape index (κ3) is 4.72. The summed E-state index contributed by atoms with van der Waals surface area (Å²) < 4.78 is 10.1. The molecular weight excluding hydrogens is 216 g/mol. The molecule has 0 aromatic heterocycles.